The Balaban J connectivity index is 1.74. The minimum Gasteiger partial charge on any atom is -0.359 e. The van der Waals surface area contributed by atoms with Crippen molar-refractivity contribution in [3.05, 3.63) is 59.9 Å². The van der Waals surface area contributed by atoms with E-state index < -0.39 is 5.41 Å². The van der Waals surface area contributed by atoms with Gasteiger partial charge in [0, 0.05) is 32.1 Å². The lowest BCUT2D eigenvalue weighted by molar-refractivity contribution is -0.140. The standard InChI is InChI=1S/C25H31FN2O2/c1-18(2)16-23(29)28-14-12-25(13-15-28,24(30)27-3)17-19-8-10-20(11-9-19)21-6-4-5-7-22(21)26/h4-11,18H,12-17H2,1-3H3,(H,27,30). The lowest BCUT2D eigenvalue weighted by Crippen LogP contribution is -2.50. The largest absolute Gasteiger partial charge is 0.359 e. The van der Waals surface area contributed by atoms with Crippen LogP contribution in [0.4, 0.5) is 4.39 Å². The summed E-state index contributed by atoms with van der Waals surface area (Å²) in [6.45, 7) is 5.29. The third-order valence-electron chi connectivity index (χ3n) is 6.05. The highest BCUT2D eigenvalue weighted by Gasteiger charge is 2.41. The van der Waals surface area contributed by atoms with Gasteiger partial charge in [-0.2, -0.15) is 0 Å². The molecule has 2 aromatic rings. The topological polar surface area (TPSA) is 49.4 Å². The second kappa shape index (κ2) is 9.41. The molecule has 0 unspecified atom stereocenters. The predicted molar refractivity (Wildman–Crippen MR) is 117 cm³/mol. The van der Waals surface area contributed by atoms with Crippen LogP contribution in [-0.4, -0.2) is 36.9 Å². The van der Waals surface area contributed by atoms with Gasteiger partial charge in [-0.1, -0.05) is 56.3 Å². The lowest BCUT2D eigenvalue weighted by Gasteiger charge is -2.41. The highest BCUT2D eigenvalue weighted by molar-refractivity contribution is 5.83. The molecule has 0 radical (unpaired) electrons. The summed E-state index contributed by atoms with van der Waals surface area (Å²) < 4.78 is 14.1. The van der Waals surface area contributed by atoms with Crippen LogP contribution in [-0.2, 0) is 16.0 Å². The second-order valence-electron chi connectivity index (χ2n) is 8.69. The molecule has 2 aromatic carbocycles. The Morgan fingerprint density at radius 3 is 2.27 bits per heavy atom. The zero-order valence-corrected chi connectivity index (χ0v) is 18.1. The Morgan fingerprint density at radius 2 is 1.70 bits per heavy atom. The number of nitrogens with one attached hydrogen (secondary N) is 1. The van der Waals surface area contributed by atoms with E-state index in [1.807, 2.05) is 49.1 Å². The molecule has 1 aliphatic heterocycles. The number of carbonyl (C=O) groups is 2. The van der Waals surface area contributed by atoms with Gasteiger partial charge >= 0.3 is 0 Å². The lowest BCUT2D eigenvalue weighted by atomic mass is 9.72. The van der Waals surface area contributed by atoms with Crippen LogP contribution in [0.25, 0.3) is 11.1 Å². The van der Waals surface area contributed by atoms with Gasteiger partial charge in [0.25, 0.3) is 0 Å². The molecule has 2 amide bonds. The van der Waals surface area contributed by atoms with E-state index in [-0.39, 0.29) is 17.6 Å². The first-order chi connectivity index (χ1) is 14.3. The highest BCUT2D eigenvalue weighted by Crippen LogP contribution is 2.36. The fraction of sp³-hybridized carbons (Fsp3) is 0.440. The highest BCUT2D eigenvalue weighted by atomic mass is 19.1. The van der Waals surface area contributed by atoms with Crippen molar-refractivity contribution in [3.63, 3.8) is 0 Å². The average Bonchev–Trinajstić information content (AvgIpc) is 2.74. The van der Waals surface area contributed by atoms with Crippen LogP contribution < -0.4 is 5.32 Å². The Labute approximate surface area is 178 Å². The van der Waals surface area contributed by atoms with Gasteiger partial charge in [-0.15, -0.1) is 0 Å². The van der Waals surface area contributed by atoms with Crippen molar-refractivity contribution in [2.75, 3.05) is 20.1 Å². The molecule has 160 valence electrons. The van der Waals surface area contributed by atoms with E-state index in [1.54, 1.807) is 19.2 Å². The molecule has 30 heavy (non-hydrogen) atoms. The molecule has 1 N–H and O–H groups in total. The van der Waals surface area contributed by atoms with Crippen molar-refractivity contribution in [1.82, 2.24) is 10.2 Å². The fourth-order valence-corrected chi connectivity index (χ4v) is 4.30. The minimum absolute atomic E-state index is 0.0247. The van der Waals surface area contributed by atoms with Gasteiger partial charge in [-0.25, -0.2) is 4.39 Å². The van der Waals surface area contributed by atoms with Crippen LogP contribution >= 0.6 is 0 Å². The molecular weight excluding hydrogens is 379 g/mol. The number of benzene rings is 2. The van der Waals surface area contributed by atoms with Crippen LogP contribution in [0.5, 0.6) is 0 Å². The molecule has 0 aromatic heterocycles. The van der Waals surface area contributed by atoms with Gasteiger partial charge in [0.05, 0.1) is 5.41 Å². The molecule has 0 atom stereocenters. The minimum atomic E-state index is -0.525. The maximum absolute atomic E-state index is 14.1. The van der Waals surface area contributed by atoms with E-state index in [9.17, 15) is 14.0 Å². The van der Waals surface area contributed by atoms with Crippen molar-refractivity contribution < 1.29 is 14.0 Å². The van der Waals surface area contributed by atoms with Crippen molar-refractivity contribution in [3.8, 4) is 11.1 Å². The van der Waals surface area contributed by atoms with Gasteiger partial charge in [0.15, 0.2) is 0 Å². The van der Waals surface area contributed by atoms with E-state index in [4.69, 9.17) is 0 Å². The molecule has 1 fully saturated rings. The maximum Gasteiger partial charge on any atom is 0.226 e. The first kappa shape index (κ1) is 22.0. The monoisotopic (exact) mass is 410 g/mol. The molecule has 0 spiro atoms. The molecule has 0 bridgehead atoms. The number of nitrogens with zero attached hydrogens (tertiary/aromatic N) is 1. The quantitative estimate of drug-likeness (QED) is 0.766. The number of rotatable bonds is 6. The number of halogens is 1. The number of amides is 2. The summed E-state index contributed by atoms with van der Waals surface area (Å²) in [4.78, 5) is 27.1. The predicted octanol–water partition coefficient (Wildman–Crippen LogP) is 4.44. The molecule has 1 saturated heterocycles. The van der Waals surface area contributed by atoms with Crippen LogP contribution in [0, 0.1) is 17.2 Å². The summed E-state index contributed by atoms with van der Waals surface area (Å²) in [5, 5.41) is 2.82. The van der Waals surface area contributed by atoms with Gasteiger partial charge in [0.1, 0.15) is 5.82 Å². The zero-order valence-electron chi connectivity index (χ0n) is 18.1. The van der Waals surface area contributed by atoms with Gasteiger partial charge in [-0.05, 0) is 42.4 Å². The van der Waals surface area contributed by atoms with Crippen molar-refractivity contribution in [2.24, 2.45) is 11.3 Å². The average molecular weight is 411 g/mol. The smallest absolute Gasteiger partial charge is 0.226 e. The van der Waals surface area contributed by atoms with E-state index in [1.165, 1.54) is 6.07 Å². The van der Waals surface area contributed by atoms with Crippen LogP contribution in [0.1, 0.15) is 38.7 Å². The first-order valence-electron chi connectivity index (χ1n) is 10.7. The van der Waals surface area contributed by atoms with Crippen LogP contribution in [0.2, 0.25) is 0 Å². The normalized spacial score (nSPS) is 15.8. The van der Waals surface area contributed by atoms with Crippen molar-refractivity contribution in [2.45, 2.75) is 39.5 Å². The first-order valence-corrected chi connectivity index (χ1v) is 10.7. The molecule has 4 nitrogen and oxygen atoms in total. The van der Waals surface area contributed by atoms with Crippen LogP contribution in [0.15, 0.2) is 48.5 Å². The molecule has 1 heterocycles. The van der Waals surface area contributed by atoms with Gasteiger partial charge in [0.2, 0.25) is 11.8 Å². The third kappa shape index (κ3) is 4.89. The van der Waals surface area contributed by atoms with Crippen molar-refractivity contribution in [1.29, 1.82) is 0 Å². The van der Waals surface area contributed by atoms with Gasteiger partial charge in [-0.3, -0.25) is 9.59 Å². The SMILES string of the molecule is CNC(=O)C1(Cc2ccc(-c3ccccc3F)cc2)CCN(C(=O)CC(C)C)CC1. The molecule has 0 aliphatic carbocycles. The Hall–Kier alpha value is -2.69. The van der Waals surface area contributed by atoms with Gasteiger partial charge < -0.3 is 10.2 Å². The fourth-order valence-electron chi connectivity index (χ4n) is 4.30. The molecule has 0 saturated carbocycles. The molecular formula is C25H31FN2O2. The maximum atomic E-state index is 14.1. The zero-order chi connectivity index (χ0) is 21.7. The summed E-state index contributed by atoms with van der Waals surface area (Å²) in [5.41, 5.74) is 1.91. The van der Waals surface area contributed by atoms with E-state index in [2.05, 4.69) is 5.32 Å². The van der Waals surface area contributed by atoms with E-state index in [0.717, 1.165) is 11.1 Å². The van der Waals surface area contributed by atoms with E-state index in [0.29, 0.717) is 50.3 Å². The Kier molecular flexibility index (Phi) is 6.91. The van der Waals surface area contributed by atoms with Crippen molar-refractivity contribution >= 4 is 11.8 Å². The van der Waals surface area contributed by atoms with Crippen LogP contribution in [0.3, 0.4) is 0 Å². The second-order valence-corrected chi connectivity index (χ2v) is 8.69. The molecule has 3 rings (SSSR count). The Bertz CT molecular complexity index is 884. The summed E-state index contributed by atoms with van der Waals surface area (Å²) >= 11 is 0. The summed E-state index contributed by atoms with van der Waals surface area (Å²) in [7, 11) is 1.67. The summed E-state index contributed by atoms with van der Waals surface area (Å²) in [5.74, 6) is 0.281. The molecule has 1 aliphatic rings. The van der Waals surface area contributed by atoms with E-state index >= 15 is 0 Å². The summed E-state index contributed by atoms with van der Waals surface area (Å²) in [6.07, 6.45) is 2.44. The number of likely N-dealkylation sites (tertiary alicyclic amines) is 1. The number of piperidine rings is 1. The molecule has 5 heteroatoms. The Morgan fingerprint density at radius 1 is 1.07 bits per heavy atom. The number of hydrogen-bond acceptors (Lipinski definition) is 2. The third-order valence-corrected chi connectivity index (χ3v) is 6.05. The number of hydrogen-bond donors (Lipinski definition) is 1. The summed E-state index contributed by atoms with van der Waals surface area (Å²) in [6, 6.07) is 14.5. The number of carbonyl (C=O) groups excluding carboxylic acids is 2.